The molecular weight excluding hydrogens is 384 g/mol. The molecule has 0 aromatic heterocycles. The molecule has 2 aromatic carbocycles. The number of amides is 2. The number of nitrogens with zero attached hydrogens (tertiary/aromatic N) is 1. The smallest absolute Gasteiger partial charge is 0.248 e. The topological polar surface area (TPSA) is 77.1 Å². The van der Waals surface area contributed by atoms with Crippen molar-refractivity contribution >= 4 is 29.3 Å². The lowest BCUT2D eigenvalue weighted by Crippen LogP contribution is -2.24. The Morgan fingerprint density at radius 2 is 1.77 bits per heavy atom. The molecule has 3 rings (SSSR count). The lowest BCUT2D eigenvalue weighted by molar-refractivity contribution is -0.117. The molecule has 1 aliphatic rings. The highest BCUT2D eigenvalue weighted by molar-refractivity contribution is 6.02. The standard InChI is InChI=1S/C23H26N2O5/c1-15-12-17(8-9-18(15)25-11-5-6-22(25)27)24-21(26)10-7-16-13-19(28-2)23(30-4)20(14-16)29-3/h7-10,12-14H,5-6,11H2,1-4H3,(H,24,26)/b10-7+. The number of rotatable bonds is 7. The van der Waals surface area contributed by atoms with Crippen LogP contribution in [0.15, 0.2) is 36.4 Å². The summed E-state index contributed by atoms with van der Waals surface area (Å²) < 4.78 is 16.0. The molecule has 2 aromatic rings. The van der Waals surface area contributed by atoms with Crippen molar-refractivity contribution in [3.05, 3.63) is 47.5 Å². The quantitative estimate of drug-likeness (QED) is 0.703. The largest absolute Gasteiger partial charge is 0.493 e. The number of anilines is 2. The lowest BCUT2D eigenvalue weighted by Gasteiger charge is -2.19. The number of nitrogens with one attached hydrogen (secondary N) is 1. The molecule has 0 atom stereocenters. The van der Waals surface area contributed by atoms with Gasteiger partial charge in [0.15, 0.2) is 11.5 Å². The van der Waals surface area contributed by atoms with Gasteiger partial charge in [-0.1, -0.05) is 0 Å². The molecule has 1 aliphatic heterocycles. The predicted molar refractivity (Wildman–Crippen MR) is 117 cm³/mol. The molecule has 7 nitrogen and oxygen atoms in total. The predicted octanol–water partition coefficient (Wildman–Crippen LogP) is 3.80. The van der Waals surface area contributed by atoms with Gasteiger partial charge < -0.3 is 24.4 Å². The first-order valence-corrected chi connectivity index (χ1v) is 9.67. The van der Waals surface area contributed by atoms with Crippen molar-refractivity contribution in [2.45, 2.75) is 19.8 Å². The Hall–Kier alpha value is -3.48. The van der Waals surface area contributed by atoms with Crippen LogP contribution in [-0.2, 0) is 9.59 Å². The number of benzene rings is 2. The second kappa shape index (κ2) is 9.35. The number of hydrogen-bond acceptors (Lipinski definition) is 5. The zero-order valence-corrected chi connectivity index (χ0v) is 17.7. The van der Waals surface area contributed by atoms with Crippen LogP contribution in [0.5, 0.6) is 17.2 Å². The van der Waals surface area contributed by atoms with Crippen molar-refractivity contribution in [2.75, 3.05) is 38.1 Å². The van der Waals surface area contributed by atoms with Gasteiger partial charge in [-0.2, -0.15) is 0 Å². The summed E-state index contributed by atoms with van der Waals surface area (Å²) in [6.07, 6.45) is 4.57. The van der Waals surface area contributed by atoms with E-state index in [4.69, 9.17) is 14.2 Å². The molecule has 0 bridgehead atoms. The van der Waals surface area contributed by atoms with Crippen LogP contribution < -0.4 is 24.4 Å². The number of ether oxygens (including phenoxy) is 3. The molecule has 1 fully saturated rings. The maximum atomic E-state index is 12.4. The highest BCUT2D eigenvalue weighted by Gasteiger charge is 2.23. The molecular formula is C23H26N2O5. The van der Waals surface area contributed by atoms with Crippen LogP contribution in [0.1, 0.15) is 24.0 Å². The van der Waals surface area contributed by atoms with Crippen LogP contribution >= 0.6 is 0 Å². The Morgan fingerprint density at radius 1 is 1.07 bits per heavy atom. The van der Waals surface area contributed by atoms with Crippen molar-refractivity contribution < 1.29 is 23.8 Å². The molecule has 0 unspecified atom stereocenters. The van der Waals surface area contributed by atoms with Gasteiger partial charge >= 0.3 is 0 Å². The first-order valence-electron chi connectivity index (χ1n) is 9.67. The normalized spacial score (nSPS) is 13.6. The number of carbonyl (C=O) groups excluding carboxylic acids is 2. The van der Waals surface area contributed by atoms with E-state index in [1.54, 1.807) is 43.4 Å². The van der Waals surface area contributed by atoms with E-state index in [2.05, 4.69) is 5.32 Å². The summed E-state index contributed by atoms with van der Waals surface area (Å²) in [5, 5.41) is 2.85. The van der Waals surface area contributed by atoms with Crippen molar-refractivity contribution in [1.29, 1.82) is 0 Å². The van der Waals surface area contributed by atoms with E-state index in [0.29, 0.717) is 29.4 Å². The second-order valence-electron chi connectivity index (χ2n) is 6.93. The van der Waals surface area contributed by atoms with Crippen LogP contribution in [0.4, 0.5) is 11.4 Å². The average Bonchev–Trinajstić information content (AvgIpc) is 3.17. The van der Waals surface area contributed by atoms with Crippen LogP contribution in [0.25, 0.3) is 6.08 Å². The molecule has 0 radical (unpaired) electrons. The molecule has 1 N–H and O–H groups in total. The fraction of sp³-hybridized carbons (Fsp3) is 0.304. The van der Waals surface area contributed by atoms with Gasteiger partial charge in [0.2, 0.25) is 17.6 Å². The third kappa shape index (κ3) is 4.56. The van der Waals surface area contributed by atoms with Gasteiger partial charge in [-0.25, -0.2) is 0 Å². The van der Waals surface area contributed by atoms with E-state index in [1.807, 2.05) is 19.1 Å². The molecule has 1 heterocycles. The van der Waals surface area contributed by atoms with Crippen LogP contribution in [-0.4, -0.2) is 39.7 Å². The van der Waals surface area contributed by atoms with E-state index >= 15 is 0 Å². The van der Waals surface area contributed by atoms with E-state index < -0.39 is 0 Å². The van der Waals surface area contributed by atoms with Gasteiger partial charge in [-0.15, -0.1) is 0 Å². The first kappa shape index (κ1) is 21.2. The van der Waals surface area contributed by atoms with Gasteiger partial charge in [0.1, 0.15) is 0 Å². The minimum absolute atomic E-state index is 0.142. The van der Waals surface area contributed by atoms with Gasteiger partial charge in [0.25, 0.3) is 0 Å². The summed E-state index contributed by atoms with van der Waals surface area (Å²) >= 11 is 0. The Kier molecular flexibility index (Phi) is 6.61. The summed E-state index contributed by atoms with van der Waals surface area (Å²) in [7, 11) is 4.62. The average molecular weight is 410 g/mol. The van der Waals surface area contributed by atoms with Crippen molar-refractivity contribution in [2.24, 2.45) is 0 Å². The highest BCUT2D eigenvalue weighted by Crippen LogP contribution is 2.38. The van der Waals surface area contributed by atoms with Gasteiger partial charge in [-0.05, 0) is 60.9 Å². The van der Waals surface area contributed by atoms with Crippen molar-refractivity contribution in [1.82, 2.24) is 0 Å². The molecule has 7 heteroatoms. The molecule has 2 amide bonds. The SMILES string of the molecule is COc1cc(/C=C/C(=O)Nc2ccc(N3CCCC3=O)c(C)c2)cc(OC)c1OC. The van der Waals surface area contributed by atoms with E-state index in [9.17, 15) is 9.59 Å². The third-order valence-electron chi connectivity index (χ3n) is 4.94. The Morgan fingerprint density at radius 3 is 2.30 bits per heavy atom. The minimum Gasteiger partial charge on any atom is -0.493 e. The molecule has 0 aliphatic carbocycles. The summed E-state index contributed by atoms with van der Waals surface area (Å²) in [5.74, 6) is 1.39. The van der Waals surface area contributed by atoms with Crippen LogP contribution in [0.2, 0.25) is 0 Å². The Balaban J connectivity index is 1.72. The van der Waals surface area contributed by atoms with Crippen LogP contribution in [0, 0.1) is 6.92 Å². The number of aryl methyl sites for hydroxylation is 1. The lowest BCUT2D eigenvalue weighted by atomic mass is 10.1. The Bertz CT molecular complexity index is 959. The fourth-order valence-corrected chi connectivity index (χ4v) is 3.49. The summed E-state index contributed by atoms with van der Waals surface area (Å²) in [5.41, 5.74) is 3.24. The fourth-order valence-electron chi connectivity index (χ4n) is 3.49. The van der Waals surface area contributed by atoms with Crippen molar-refractivity contribution in [3.63, 3.8) is 0 Å². The first-order chi connectivity index (χ1) is 14.5. The maximum absolute atomic E-state index is 12.4. The maximum Gasteiger partial charge on any atom is 0.248 e. The molecule has 30 heavy (non-hydrogen) atoms. The third-order valence-corrected chi connectivity index (χ3v) is 4.94. The van der Waals surface area contributed by atoms with Crippen LogP contribution in [0.3, 0.4) is 0 Å². The number of methoxy groups -OCH3 is 3. The minimum atomic E-state index is -0.270. The number of hydrogen-bond donors (Lipinski definition) is 1. The van der Waals surface area contributed by atoms with E-state index in [1.165, 1.54) is 13.2 Å². The van der Waals surface area contributed by atoms with E-state index in [-0.39, 0.29) is 11.8 Å². The van der Waals surface area contributed by atoms with Gasteiger partial charge in [-0.3, -0.25) is 9.59 Å². The summed E-state index contributed by atoms with van der Waals surface area (Å²) in [4.78, 5) is 26.1. The molecule has 1 saturated heterocycles. The molecule has 0 spiro atoms. The zero-order chi connectivity index (χ0) is 21.7. The van der Waals surface area contributed by atoms with Crippen molar-refractivity contribution in [3.8, 4) is 17.2 Å². The molecule has 158 valence electrons. The van der Waals surface area contributed by atoms with Gasteiger partial charge in [0, 0.05) is 30.4 Å². The molecule has 0 saturated carbocycles. The summed E-state index contributed by atoms with van der Waals surface area (Å²) in [6.45, 7) is 2.67. The summed E-state index contributed by atoms with van der Waals surface area (Å²) in [6, 6.07) is 9.07. The monoisotopic (exact) mass is 410 g/mol. The van der Waals surface area contributed by atoms with Gasteiger partial charge in [0.05, 0.1) is 21.3 Å². The number of carbonyl (C=O) groups is 2. The Labute approximate surface area is 176 Å². The second-order valence-corrected chi connectivity index (χ2v) is 6.93. The zero-order valence-electron chi connectivity index (χ0n) is 17.7. The highest BCUT2D eigenvalue weighted by atomic mass is 16.5. The van der Waals surface area contributed by atoms with E-state index in [0.717, 1.165) is 29.8 Å².